The minimum atomic E-state index is 0.0235. The van der Waals surface area contributed by atoms with Gasteiger partial charge in [0.05, 0.1) is 0 Å². The van der Waals surface area contributed by atoms with E-state index < -0.39 is 0 Å². The molecule has 0 N–H and O–H groups in total. The summed E-state index contributed by atoms with van der Waals surface area (Å²) in [6.07, 6.45) is 0.392. The SMILES string of the molecule is CC(=O)SC1CC(=O)N(c2cc(C)nc(Cl)c2)C1. The molecule has 0 spiro atoms. The van der Waals surface area contributed by atoms with Crippen molar-refractivity contribution in [2.45, 2.75) is 25.5 Å². The Kier molecular flexibility index (Phi) is 3.92. The Bertz CT molecular complexity index is 487. The number of amides is 1. The van der Waals surface area contributed by atoms with Gasteiger partial charge in [-0.15, -0.1) is 0 Å². The van der Waals surface area contributed by atoms with E-state index in [0.29, 0.717) is 18.1 Å². The van der Waals surface area contributed by atoms with Crippen LogP contribution in [0, 0.1) is 6.92 Å². The van der Waals surface area contributed by atoms with Crippen LogP contribution in [0.15, 0.2) is 12.1 Å². The van der Waals surface area contributed by atoms with Crippen molar-refractivity contribution in [3.63, 3.8) is 0 Å². The van der Waals surface area contributed by atoms with Crippen LogP contribution in [0.25, 0.3) is 0 Å². The zero-order valence-electron chi connectivity index (χ0n) is 10.1. The van der Waals surface area contributed by atoms with Crippen molar-refractivity contribution in [3.05, 3.63) is 23.0 Å². The van der Waals surface area contributed by atoms with Gasteiger partial charge in [-0.25, -0.2) is 4.98 Å². The van der Waals surface area contributed by atoms with E-state index in [2.05, 4.69) is 4.98 Å². The Morgan fingerprint density at radius 2 is 2.28 bits per heavy atom. The van der Waals surface area contributed by atoms with Gasteiger partial charge in [0.1, 0.15) is 5.15 Å². The van der Waals surface area contributed by atoms with E-state index in [9.17, 15) is 9.59 Å². The highest BCUT2D eigenvalue weighted by atomic mass is 35.5. The van der Waals surface area contributed by atoms with Gasteiger partial charge in [-0.05, 0) is 19.1 Å². The van der Waals surface area contributed by atoms with Gasteiger partial charge < -0.3 is 4.90 Å². The van der Waals surface area contributed by atoms with Crippen molar-refractivity contribution in [1.82, 2.24) is 4.98 Å². The summed E-state index contributed by atoms with van der Waals surface area (Å²) in [6, 6.07) is 3.50. The fourth-order valence-corrected chi connectivity index (χ4v) is 3.17. The summed E-state index contributed by atoms with van der Waals surface area (Å²) >= 11 is 7.11. The molecule has 0 bridgehead atoms. The van der Waals surface area contributed by atoms with Crippen LogP contribution in [0.1, 0.15) is 19.0 Å². The molecule has 2 rings (SSSR count). The minimum absolute atomic E-state index is 0.0235. The van der Waals surface area contributed by atoms with Crippen LogP contribution < -0.4 is 4.90 Å². The maximum absolute atomic E-state index is 11.9. The number of hydrogen-bond acceptors (Lipinski definition) is 4. The highest BCUT2D eigenvalue weighted by molar-refractivity contribution is 8.14. The van der Waals surface area contributed by atoms with Gasteiger partial charge in [0.15, 0.2) is 5.12 Å². The quantitative estimate of drug-likeness (QED) is 0.783. The minimum Gasteiger partial charge on any atom is -0.311 e. The molecule has 6 heteroatoms. The molecule has 0 radical (unpaired) electrons. The number of carbonyl (C=O) groups is 2. The van der Waals surface area contributed by atoms with E-state index in [4.69, 9.17) is 11.6 Å². The summed E-state index contributed by atoms with van der Waals surface area (Å²) in [4.78, 5) is 28.7. The number of anilines is 1. The van der Waals surface area contributed by atoms with E-state index in [-0.39, 0.29) is 16.3 Å². The first-order valence-corrected chi connectivity index (χ1v) is 6.83. The lowest BCUT2D eigenvalue weighted by Gasteiger charge is -2.17. The molecule has 1 amide bonds. The smallest absolute Gasteiger partial charge is 0.228 e. The molecule has 96 valence electrons. The van der Waals surface area contributed by atoms with Crippen molar-refractivity contribution in [2.75, 3.05) is 11.4 Å². The second kappa shape index (κ2) is 5.28. The Morgan fingerprint density at radius 3 is 2.89 bits per heavy atom. The third-order valence-electron chi connectivity index (χ3n) is 2.64. The zero-order valence-corrected chi connectivity index (χ0v) is 11.7. The number of rotatable bonds is 2. The lowest BCUT2D eigenvalue weighted by Crippen LogP contribution is -2.25. The van der Waals surface area contributed by atoms with Crippen LogP contribution in [-0.2, 0) is 9.59 Å². The van der Waals surface area contributed by atoms with Gasteiger partial charge in [0, 0.05) is 36.5 Å². The van der Waals surface area contributed by atoms with Gasteiger partial charge >= 0.3 is 0 Å². The average molecular weight is 285 g/mol. The largest absolute Gasteiger partial charge is 0.311 e. The topological polar surface area (TPSA) is 50.3 Å². The van der Waals surface area contributed by atoms with Gasteiger partial charge in [-0.3, -0.25) is 9.59 Å². The standard InChI is InChI=1S/C12H13ClN2O2S/c1-7-3-9(4-11(13)14-7)15-6-10(5-12(15)17)18-8(2)16/h3-4,10H,5-6H2,1-2H3. The van der Waals surface area contributed by atoms with Crippen molar-refractivity contribution >= 4 is 40.1 Å². The normalized spacial score (nSPS) is 19.4. The molecule has 1 atom stereocenters. The van der Waals surface area contributed by atoms with Crippen LogP contribution in [0.4, 0.5) is 5.69 Å². The van der Waals surface area contributed by atoms with E-state index in [1.165, 1.54) is 18.7 Å². The molecule has 1 aromatic rings. The number of halogens is 1. The molecule has 18 heavy (non-hydrogen) atoms. The highest BCUT2D eigenvalue weighted by Crippen LogP contribution is 2.29. The summed E-state index contributed by atoms with van der Waals surface area (Å²) in [7, 11) is 0. The summed E-state index contributed by atoms with van der Waals surface area (Å²) in [6.45, 7) is 3.89. The zero-order chi connectivity index (χ0) is 13.3. The molecule has 0 saturated carbocycles. The number of carbonyl (C=O) groups excluding carboxylic acids is 2. The molecule has 0 aliphatic carbocycles. The molecule has 1 saturated heterocycles. The second-order valence-corrected chi connectivity index (χ2v) is 6.09. The number of pyridine rings is 1. The molecule has 1 fully saturated rings. The third kappa shape index (κ3) is 3.03. The lowest BCUT2D eigenvalue weighted by atomic mass is 10.3. The summed E-state index contributed by atoms with van der Waals surface area (Å²) < 4.78 is 0. The van der Waals surface area contributed by atoms with Crippen LogP contribution in [0.3, 0.4) is 0 Å². The van der Waals surface area contributed by atoms with Gasteiger partial charge in [-0.2, -0.15) is 0 Å². The molecule has 1 unspecified atom stereocenters. The molecular weight excluding hydrogens is 272 g/mol. The Hall–Kier alpha value is -1.07. The number of nitrogens with zero attached hydrogens (tertiary/aromatic N) is 2. The lowest BCUT2D eigenvalue weighted by molar-refractivity contribution is -0.117. The predicted octanol–water partition coefficient (Wildman–Crippen LogP) is 2.43. The maximum Gasteiger partial charge on any atom is 0.228 e. The van der Waals surface area contributed by atoms with Crippen LogP contribution in [0.2, 0.25) is 5.15 Å². The number of thioether (sulfide) groups is 1. The maximum atomic E-state index is 11.9. The molecule has 1 aliphatic rings. The average Bonchev–Trinajstić information content (AvgIpc) is 2.56. The Morgan fingerprint density at radius 1 is 1.56 bits per heavy atom. The first kappa shape index (κ1) is 13.4. The summed E-state index contributed by atoms with van der Waals surface area (Å²) in [5, 5.41) is 0.446. The molecule has 4 nitrogen and oxygen atoms in total. The number of hydrogen-bond donors (Lipinski definition) is 0. The molecule has 0 aromatic carbocycles. The summed E-state index contributed by atoms with van der Waals surface area (Å²) in [5.74, 6) is 0.0235. The van der Waals surface area contributed by atoms with Gasteiger partial charge in [0.25, 0.3) is 0 Å². The van der Waals surface area contributed by atoms with Crippen molar-refractivity contribution < 1.29 is 9.59 Å². The van der Waals surface area contributed by atoms with Crippen LogP contribution in [-0.4, -0.2) is 27.8 Å². The number of aromatic nitrogens is 1. The fourth-order valence-electron chi connectivity index (χ4n) is 2.00. The first-order chi connectivity index (χ1) is 8.45. The molecule has 1 aromatic heterocycles. The Balaban J connectivity index is 2.18. The van der Waals surface area contributed by atoms with Gasteiger partial charge in [-0.1, -0.05) is 23.4 Å². The first-order valence-electron chi connectivity index (χ1n) is 5.57. The van der Waals surface area contributed by atoms with Gasteiger partial charge in [0.2, 0.25) is 5.91 Å². The number of aryl methyl sites for hydroxylation is 1. The van der Waals surface area contributed by atoms with Crippen LogP contribution >= 0.6 is 23.4 Å². The van der Waals surface area contributed by atoms with Crippen molar-refractivity contribution in [3.8, 4) is 0 Å². The van der Waals surface area contributed by atoms with E-state index in [1.807, 2.05) is 13.0 Å². The van der Waals surface area contributed by atoms with Crippen LogP contribution in [0.5, 0.6) is 0 Å². The predicted molar refractivity (Wildman–Crippen MR) is 73.0 cm³/mol. The third-order valence-corrected chi connectivity index (χ3v) is 3.82. The summed E-state index contributed by atoms with van der Waals surface area (Å²) in [5.41, 5.74) is 1.53. The fraction of sp³-hybridized carbons (Fsp3) is 0.417. The monoisotopic (exact) mass is 284 g/mol. The van der Waals surface area contributed by atoms with E-state index in [0.717, 1.165) is 11.4 Å². The molecule has 1 aliphatic heterocycles. The van der Waals surface area contributed by atoms with E-state index in [1.54, 1.807) is 11.0 Å². The molecular formula is C12H13ClN2O2S. The highest BCUT2D eigenvalue weighted by Gasteiger charge is 2.32. The molecule has 2 heterocycles. The van der Waals surface area contributed by atoms with Crippen molar-refractivity contribution in [2.24, 2.45) is 0 Å². The Labute approximate surface area is 115 Å². The van der Waals surface area contributed by atoms with Crippen molar-refractivity contribution in [1.29, 1.82) is 0 Å². The second-order valence-electron chi connectivity index (χ2n) is 4.23. The van der Waals surface area contributed by atoms with E-state index >= 15 is 0 Å².